The summed E-state index contributed by atoms with van der Waals surface area (Å²) in [6, 6.07) is 51.8. The number of aromatic nitrogens is 3. The van der Waals surface area contributed by atoms with E-state index in [1.54, 1.807) is 12.1 Å². The van der Waals surface area contributed by atoms with Gasteiger partial charge >= 0.3 is 12.4 Å². The number of rotatable bonds is 7. The zero-order valence-corrected chi connectivity index (χ0v) is 35.9. The molecule has 3 nitrogen and oxygen atoms in total. The van der Waals surface area contributed by atoms with E-state index in [0.29, 0.717) is 22.4 Å². The minimum atomic E-state index is -4.84. The Morgan fingerprint density at radius 2 is 0.864 bits per heavy atom. The maximum Gasteiger partial charge on any atom is 0.417 e. The zero-order chi connectivity index (χ0) is 45.9. The number of hydrogen-bond donors (Lipinski definition) is 0. The predicted octanol–water partition coefficient (Wildman–Crippen LogP) is 16.5. The maximum absolute atomic E-state index is 15.4. The van der Waals surface area contributed by atoms with E-state index in [9.17, 15) is 0 Å². The second kappa shape index (κ2) is 16.3. The van der Waals surface area contributed by atoms with Gasteiger partial charge in [-0.25, -0.2) is 9.97 Å². The number of fused-ring (bicyclic) bond motifs is 3. The fraction of sp³-hybridized carbons (Fsp3) is 0.0877. The molecule has 10 aromatic rings. The zero-order valence-electron chi connectivity index (χ0n) is 35.9. The molecule has 8 aromatic carbocycles. The molecule has 0 amide bonds. The highest BCUT2D eigenvalue weighted by Crippen LogP contribution is 2.49. The summed E-state index contributed by atoms with van der Waals surface area (Å²) in [4.78, 5) is 10.00. The van der Waals surface area contributed by atoms with Crippen molar-refractivity contribution in [2.75, 3.05) is 0 Å². The molecule has 0 aliphatic carbocycles. The molecule has 0 atom stereocenters. The van der Waals surface area contributed by atoms with Crippen molar-refractivity contribution >= 4 is 21.8 Å². The largest absolute Gasteiger partial charge is 0.417 e. The SMILES string of the molecule is Cc1cc(C)c(-c2ccc3c(c2)c2ccccc2n3-c2c(-c3ccccc3C(F)(F)F)cc(-c3nc(-c4ccccc4)cc(-c4ccccc4)n3)cc2-c2ccccc2C(F)(F)F)c(C)c1. The van der Waals surface area contributed by atoms with Crippen LogP contribution in [-0.2, 0) is 12.4 Å². The van der Waals surface area contributed by atoms with Crippen LogP contribution < -0.4 is 0 Å². The normalized spacial score (nSPS) is 12.0. The van der Waals surface area contributed by atoms with Crippen LogP contribution in [0.5, 0.6) is 0 Å². The molecule has 9 heteroatoms. The third kappa shape index (κ3) is 7.60. The first-order valence-electron chi connectivity index (χ1n) is 21.4. The van der Waals surface area contributed by atoms with Crippen molar-refractivity contribution in [1.29, 1.82) is 0 Å². The molecule has 0 aliphatic rings. The lowest BCUT2D eigenvalue weighted by Crippen LogP contribution is -2.11. The molecule has 324 valence electrons. The molecule has 0 unspecified atom stereocenters. The van der Waals surface area contributed by atoms with Crippen LogP contribution in [0.15, 0.2) is 182 Å². The van der Waals surface area contributed by atoms with Crippen molar-refractivity contribution in [2.24, 2.45) is 0 Å². The van der Waals surface area contributed by atoms with Crippen molar-refractivity contribution in [3.05, 3.63) is 210 Å². The summed E-state index contributed by atoms with van der Waals surface area (Å²) in [7, 11) is 0. The van der Waals surface area contributed by atoms with E-state index in [1.165, 1.54) is 36.4 Å². The van der Waals surface area contributed by atoms with Gasteiger partial charge < -0.3 is 4.57 Å². The van der Waals surface area contributed by atoms with Gasteiger partial charge in [0, 0.05) is 38.6 Å². The minimum Gasteiger partial charge on any atom is -0.308 e. The quantitative estimate of drug-likeness (QED) is 0.149. The van der Waals surface area contributed by atoms with Gasteiger partial charge in [0.25, 0.3) is 0 Å². The average molecular weight is 880 g/mol. The lowest BCUT2D eigenvalue weighted by atomic mass is 9.88. The third-order valence-corrected chi connectivity index (χ3v) is 12.1. The van der Waals surface area contributed by atoms with Crippen LogP contribution in [0.1, 0.15) is 27.8 Å². The molecular formula is C57H39F6N3. The van der Waals surface area contributed by atoms with Gasteiger partial charge in [0.15, 0.2) is 5.82 Å². The van der Waals surface area contributed by atoms with Crippen molar-refractivity contribution in [3.63, 3.8) is 0 Å². The minimum absolute atomic E-state index is 0.0410. The Morgan fingerprint density at radius 1 is 0.394 bits per heavy atom. The van der Waals surface area contributed by atoms with Crippen LogP contribution in [0, 0.1) is 20.8 Å². The second-order valence-corrected chi connectivity index (χ2v) is 16.6. The highest BCUT2D eigenvalue weighted by molar-refractivity contribution is 6.12. The van der Waals surface area contributed by atoms with Crippen molar-refractivity contribution in [1.82, 2.24) is 14.5 Å². The van der Waals surface area contributed by atoms with Crippen LogP contribution in [-0.4, -0.2) is 14.5 Å². The summed E-state index contributed by atoms with van der Waals surface area (Å²) >= 11 is 0. The monoisotopic (exact) mass is 879 g/mol. The van der Waals surface area contributed by atoms with E-state index in [-0.39, 0.29) is 39.3 Å². The van der Waals surface area contributed by atoms with Crippen LogP contribution in [0.25, 0.3) is 94.8 Å². The number of nitrogens with zero attached hydrogens (tertiary/aromatic N) is 3. The molecule has 66 heavy (non-hydrogen) atoms. The third-order valence-electron chi connectivity index (χ3n) is 12.1. The number of halogens is 6. The van der Waals surface area contributed by atoms with Crippen molar-refractivity contribution < 1.29 is 26.3 Å². The molecule has 0 fully saturated rings. The summed E-state index contributed by atoms with van der Waals surface area (Å²) < 4.78 is 94.1. The van der Waals surface area contributed by atoms with E-state index in [1.807, 2.05) is 115 Å². The van der Waals surface area contributed by atoms with E-state index in [4.69, 9.17) is 9.97 Å². The van der Waals surface area contributed by atoms with Crippen molar-refractivity contribution in [3.8, 4) is 73.0 Å². The average Bonchev–Trinajstić information content (AvgIpc) is 3.64. The Hall–Kier alpha value is -7.78. The van der Waals surface area contributed by atoms with Gasteiger partial charge in [0.2, 0.25) is 0 Å². The smallest absolute Gasteiger partial charge is 0.308 e. The van der Waals surface area contributed by atoms with Crippen LogP contribution in [0.2, 0.25) is 0 Å². The Labute approximate surface area is 377 Å². The highest BCUT2D eigenvalue weighted by Gasteiger charge is 2.37. The molecule has 0 saturated heterocycles. The lowest BCUT2D eigenvalue weighted by Gasteiger charge is -2.24. The van der Waals surface area contributed by atoms with Gasteiger partial charge in [-0.3, -0.25) is 0 Å². The van der Waals surface area contributed by atoms with E-state index >= 15 is 26.3 Å². The van der Waals surface area contributed by atoms with Crippen LogP contribution >= 0.6 is 0 Å². The van der Waals surface area contributed by atoms with E-state index < -0.39 is 23.5 Å². The summed E-state index contributed by atoms with van der Waals surface area (Å²) in [5, 5.41) is 1.56. The maximum atomic E-state index is 15.4. The Morgan fingerprint density at radius 3 is 1.39 bits per heavy atom. The van der Waals surface area contributed by atoms with Gasteiger partial charge in [-0.15, -0.1) is 0 Å². The van der Waals surface area contributed by atoms with Gasteiger partial charge in [-0.1, -0.05) is 139 Å². The van der Waals surface area contributed by atoms with Gasteiger partial charge in [0.1, 0.15) is 0 Å². The molecule has 0 spiro atoms. The first-order valence-corrected chi connectivity index (χ1v) is 21.4. The standard InChI is InChI=1S/C57H39F6N3/c1-34-28-35(2)53(36(3)29-34)39-26-27-52-44(30-39)43-22-12-15-25-51(43)66(52)54-45(41-20-10-13-23-47(41)56(58,59)60)31-40(32-46(54)42-21-11-14-24-48(42)57(61,62)63)55-64-49(37-16-6-4-7-17-37)33-50(65-55)38-18-8-5-9-19-38/h4-33H,1-3H3. The fourth-order valence-corrected chi connectivity index (χ4v) is 9.44. The van der Waals surface area contributed by atoms with Gasteiger partial charge in [0.05, 0.1) is 39.2 Å². The molecule has 0 N–H and O–H groups in total. The molecule has 2 aromatic heterocycles. The highest BCUT2D eigenvalue weighted by atomic mass is 19.4. The molecule has 0 saturated carbocycles. The summed E-state index contributed by atoms with van der Waals surface area (Å²) in [6.45, 7) is 6.16. The second-order valence-electron chi connectivity index (χ2n) is 16.6. The topological polar surface area (TPSA) is 30.7 Å². The fourth-order valence-electron chi connectivity index (χ4n) is 9.44. The van der Waals surface area contributed by atoms with E-state index in [2.05, 4.69) is 32.0 Å². The first kappa shape index (κ1) is 42.2. The van der Waals surface area contributed by atoms with E-state index in [0.717, 1.165) is 61.8 Å². The Kier molecular flexibility index (Phi) is 10.4. The predicted molar refractivity (Wildman–Crippen MR) is 253 cm³/mol. The Bertz CT molecular complexity index is 3320. The number of aryl methyl sites for hydroxylation is 3. The number of benzene rings is 8. The van der Waals surface area contributed by atoms with Gasteiger partial charge in [-0.05, 0) is 103 Å². The molecule has 0 radical (unpaired) electrons. The molecule has 0 aliphatic heterocycles. The van der Waals surface area contributed by atoms with Gasteiger partial charge in [-0.2, -0.15) is 26.3 Å². The first-order chi connectivity index (χ1) is 31.7. The lowest BCUT2D eigenvalue weighted by molar-refractivity contribution is -0.137. The molecule has 2 heterocycles. The summed E-state index contributed by atoms with van der Waals surface area (Å²) in [6.07, 6.45) is -9.67. The summed E-state index contributed by atoms with van der Waals surface area (Å²) in [5.41, 5.74) is 7.12. The molecule has 10 rings (SSSR count). The molecular weight excluding hydrogens is 841 g/mol. The number of alkyl halides is 6. The Balaban J connectivity index is 1.37. The number of para-hydroxylation sites is 1. The van der Waals surface area contributed by atoms with Crippen LogP contribution in [0.4, 0.5) is 26.3 Å². The van der Waals surface area contributed by atoms with Crippen LogP contribution in [0.3, 0.4) is 0 Å². The number of hydrogen-bond acceptors (Lipinski definition) is 2. The summed E-state index contributed by atoms with van der Waals surface area (Å²) in [5.74, 6) is 0.119. The van der Waals surface area contributed by atoms with Crippen molar-refractivity contribution in [2.45, 2.75) is 33.1 Å². The molecule has 0 bridgehead atoms.